The Morgan fingerprint density at radius 3 is 2.40 bits per heavy atom. The van der Waals surface area contributed by atoms with E-state index in [9.17, 15) is 13.2 Å². The maximum Gasteiger partial charge on any atom is 0.391 e. The zero-order valence-corrected chi connectivity index (χ0v) is 8.93. The highest BCUT2D eigenvalue weighted by atomic mass is 19.4. The molecule has 1 aliphatic rings. The minimum atomic E-state index is -4.17. The van der Waals surface area contributed by atoms with E-state index in [1.54, 1.807) is 19.0 Å². The van der Waals surface area contributed by atoms with Crippen molar-refractivity contribution in [2.24, 2.45) is 5.92 Å². The van der Waals surface area contributed by atoms with Gasteiger partial charge in [-0.3, -0.25) is 4.90 Å². The molecule has 1 saturated carbocycles. The molecule has 1 aliphatic carbocycles. The number of halogens is 3. The number of rotatable bonds is 1. The standard InChI is InChI=1S/C10H15F3N2/c1-15(2)9(7-14)5-3-4-8(6-9)10(11,12)13/h8H,3-6H2,1-2H3. The maximum absolute atomic E-state index is 12.6. The van der Waals surface area contributed by atoms with Gasteiger partial charge in [0.25, 0.3) is 0 Å². The summed E-state index contributed by atoms with van der Waals surface area (Å²) < 4.78 is 37.7. The maximum atomic E-state index is 12.6. The zero-order chi connectivity index (χ0) is 11.7. The van der Waals surface area contributed by atoms with Crippen molar-refractivity contribution in [3.8, 4) is 6.07 Å². The molecule has 0 aromatic heterocycles. The zero-order valence-electron chi connectivity index (χ0n) is 8.93. The highest BCUT2D eigenvalue weighted by Crippen LogP contribution is 2.43. The van der Waals surface area contributed by atoms with Crippen LogP contribution in [-0.2, 0) is 0 Å². The van der Waals surface area contributed by atoms with Gasteiger partial charge in [0.1, 0.15) is 5.54 Å². The van der Waals surface area contributed by atoms with Gasteiger partial charge in [0.2, 0.25) is 0 Å². The Labute approximate surface area is 87.7 Å². The van der Waals surface area contributed by atoms with E-state index in [0.717, 1.165) is 0 Å². The third kappa shape index (κ3) is 2.43. The van der Waals surface area contributed by atoms with Crippen LogP contribution in [0.1, 0.15) is 25.7 Å². The van der Waals surface area contributed by atoms with Crippen LogP contribution in [0.2, 0.25) is 0 Å². The Bertz CT molecular complexity index is 267. The van der Waals surface area contributed by atoms with E-state index in [4.69, 9.17) is 5.26 Å². The highest BCUT2D eigenvalue weighted by Gasteiger charge is 2.48. The quantitative estimate of drug-likeness (QED) is 0.679. The first-order valence-electron chi connectivity index (χ1n) is 4.97. The number of hydrogen-bond acceptors (Lipinski definition) is 2. The second-order valence-electron chi connectivity index (χ2n) is 4.37. The van der Waals surface area contributed by atoms with E-state index in [1.165, 1.54) is 0 Å². The summed E-state index contributed by atoms with van der Waals surface area (Å²) in [7, 11) is 3.34. The lowest BCUT2D eigenvalue weighted by Crippen LogP contribution is -2.49. The Morgan fingerprint density at radius 1 is 1.40 bits per heavy atom. The summed E-state index contributed by atoms with van der Waals surface area (Å²) in [4.78, 5) is 1.62. The first-order valence-corrected chi connectivity index (χ1v) is 4.97. The van der Waals surface area contributed by atoms with E-state index < -0.39 is 17.6 Å². The highest BCUT2D eigenvalue weighted by molar-refractivity contribution is 5.10. The number of hydrogen-bond donors (Lipinski definition) is 0. The van der Waals surface area contributed by atoms with Crippen molar-refractivity contribution in [1.82, 2.24) is 4.90 Å². The van der Waals surface area contributed by atoms with Crippen molar-refractivity contribution in [2.45, 2.75) is 37.4 Å². The van der Waals surface area contributed by atoms with Crippen molar-refractivity contribution < 1.29 is 13.2 Å². The third-order valence-corrected chi connectivity index (χ3v) is 3.25. The van der Waals surface area contributed by atoms with Crippen molar-refractivity contribution in [3.63, 3.8) is 0 Å². The van der Waals surface area contributed by atoms with Crippen molar-refractivity contribution >= 4 is 0 Å². The van der Waals surface area contributed by atoms with Crippen molar-refractivity contribution in [1.29, 1.82) is 5.26 Å². The van der Waals surface area contributed by atoms with E-state index in [0.29, 0.717) is 12.8 Å². The lowest BCUT2D eigenvalue weighted by molar-refractivity contribution is -0.189. The molecule has 0 saturated heterocycles. The fraction of sp³-hybridized carbons (Fsp3) is 0.900. The number of nitrogens with zero attached hydrogens (tertiary/aromatic N) is 2. The molecule has 0 amide bonds. The van der Waals surface area contributed by atoms with Crippen LogP contribution in [0, 0.1) is 17.2 Å². The SMILES string of the molecule is CN(C)C1(C#N)CCCC(C(F)(F)F)C1. The molecule has 0 aromatic carbocycles. The van der Waals surface area contributed by atoms with Crippen LogP contribution in [0.5, 0.6) is 0 Å². The third-order valence-electron chi connectivity index (χ3n) is 3.25. The summed E-state index contributed by atoms with van der Waals surface area (Å²) in [6, 6.07) is 2.04. The van der Waals surface area contributed by atoms with Crippen LogP contribution in [0.3, 0.4) is 0 Å². The monoisotopic (exact) mass is 220 g/mol. The van der Waals surface area contributed by atoms with E-state index in [1.807, 2.05) is 6.07 Å². The first kappa shape index (κ1) is 12.3. The van der Waals surface area contributed by atoms with Crippen LogP contribution < -0.4 is 0 Å². The number of nitriles is 1. The van der Waals surface area contributed by atoms with Gasteiger partial charge in [0.05, 0.1) is 12.0 Å². The van der Waals surface area contributed by atoms with Gasteiger partial charge in [0, 0.05) is 0 Å². The average molecular weight is 220 g/mol. The number of alkyl halides is 3. The van der Waals surface area contributed by atoms with Crippen LogP contribution in [0.4, 0.5) is 13.2 Å². The molecule has 15 heavy (non-hydrogen) atoms. The van der Waals surface area contributed by atoms with Gasteiger partial charge in [-0.25, -0.2) is 0 Å². The van der Waals surface area contributed by atoms with E-state index in [2.05, 4.69) is 0 Å². The second kappa shape index (κ2) is 4.01. The summed E-state index contributed by atoms with van der Waals surface area (Å²) in [5.74, 6) is -1.33. The molecule has 2 nitrogen and oxygen atoms in total. The van der Waals surface area contributed by atoms with Crippen LogP contribution >= 0.6 is 0 Å². The summed E-state index contributed by atoms with van der Waals surface area (Å²) >= 11 is 0. The Morgan fingerprint density at radius 2 is 2.00 bits per heavy atom. The van der Waals surface area contributed by atoms with E-state index >= 15 is 0 Å². The molecule has 2 unspecified atom stereocenters. The Kier molecular flexibility index (Phi) is 3.29. The summed E-state index contributed by atoms with van der Waals surface area (Å²) in [5, 5.41) is 9.04. The molecule has 0 bridgehead atoms. The van der Waals surface area contributed by atoms with Gasteiger partial charge >= 0.3 is 6.18 Å². The van der Waals surface area contributed by atoms with Crippen LogP contribution in [0.15, 0.2) is 0 Å². The predicted octanol–water partition coefficient (Wildman–Crippen LogP) is 2.56. The molecule has 1 fully saturated rings. The lowest BCUT2D eigenvalue weighted by atomic mass is 9.75. The van der Waals surface area contributed by atoms with Gasteiger partial charge in [-0.05, 0) is 39.8 Å². The van der Waals surface area contributed by atoms with Gasteiger partial charge in [0.15, 0.2) is 0 Å². The topological polar surface area (TPSA) is 27.0 Å². The van der Waals surface area contributed by atoms with Crippen LogP contribution in [0.25, 0.3) is 0 Å². The molecular formula is C10H15F3N2. The van der Waals surface area contributed by atoms with Gasteiger partial charge in [-0.1, -0.05) is 0 Å². The van der Waals surface area contributed by atoms with Gasteiger partial charge < -0.3 is 0 Å². The molecule has 0 N–H and O–H groups in total. The van der Waals surface area contributed by atoms with Crippen molar-refractivity contribution in [3.05, 3.63) is 0 Å². The van der Waals surface area contributed by atoms with Gasteiger partial charge in [-0.2, -0.15) is 18.4 Å². The lowest BCUT2D eigenvalue weighted by Gasteiger charge is -2.40. The minimum absolute atomic E-state index is 0.0972. The predicted molar refractivity (Wildman–Crippen MR) is 50.0 cm³/mol. The second-order valence-corrected chi connectivity index (χ2v) is 4.37. The molecule has 5 heteroatoms. The van der Waals surface area contributed by atoms with Crippen LogP contribution in [-0.4, -0.2) is 30.7 Å². The molecule has 0 aromatic rings. The fourth-order valence-corrected chi connectivity index (χ4v) is 2.14. The largest absolute Gasteiger partial charge is 0.391 e. The molecule has 86 valence electrons. The summed E-state index contributed by atoms with van der Waals surface area (Å²) in [6.07, 6.45) is -3.11. The van der Waals surface area contributed by atoms with E-state index in [-0.39, 0.29) is 12.8 Å². The van der Waals surface area contributed by atoms with Gasteiger partial charge in [-0.15, -0.1) is 0 Å². The molecular weight excluding hydrogens is 205 g/mol. The summed E-state index contributed by atoms with van der Waals surface area (Å²) in [6.45, 7) is 0. The molecule has 1 rings (SSSR count). The molecule has 0 spiro atoms. The molecule has 0 radical (unpaired) electrons. The average Bonchev–Trinajstić information content (AvgIpc) is 2.16. The molecule has 0 heterocycles. The minimum Gasteiger partial charge on any atom is -0.292 e. The normalized spacial score (nSPS) is 32.7. The summed E-state index contributed by atoms with van der Waals surface area (Å²) in [5.41, 5.74) is -0.932. The molecule has 2 atom stereocenters. The fourth-order valence-electron chi connectivity index (χ4n) is 2.14. The Hall–Kier alpha value is -0.760. The smallest absolute Gasteiger partial charge is 0.292 e. The Balaban J connectivity index is 2.84. The van der Waals surface area contributed by atoms with Crippen molar-refractivity contribution in [2.75, 3.05) is 14.1 Å². The molecule has 0 aliphatic heterocycles. The first-order chi connectivity index (χ1) is 6.82.